The lowest BCUT2D eigenvalue weighted by atomic mass is 10.2. The van der Waals surface area contributed by atoms with Crippen molar-refractivity contribution in [3.05, 3.63) is 54.4 Å². The van der Waals surface area contributed by atoms with Gasteiger partial charge in [-0.05, 0) is 49.2 Å². The molecule has 0 N–H and O–H groups in total. The first-order valence-corrected chi connectivity index (χ1v) is 9.72. The standard InChI is InChI=1S/C21H24F3N3O2/c22-21(23,24)17-5-7-19(8-6-17)29-16-4-2-1-3-13-26-14-15-27(20(26)28)18-9-11-25-12-10-18/h5-12H,1-4,13-16H2. The van der Waals surface area contributed by atoms with Crippen LogP contribution >= 0.6 is 0 Å². The maximum Gasteiger partial charge on any atom is 0.416 e. The molecule has 0 bridgehead atoms. The number of amides is 2. The number of benzene rings is 1. The van der Waals surface area contributed by atoms with Gasteiger partial charge < -0.3 is 9.64 Å². The molecule has 0 saturated carbocycles. The van der Waals surface area contributed by atoms with E-state index in [0.29, 0.717) is 18.9 Å². The number of alkyl halides is 3. The van der Waals surface area contributed by atoms with Crippen LogP contribution in [-0.4, -0.2) is 42.2 Å². The molecular weight excluding hydrogens is 383 g/mol. The summed E-state index contributed by atoms with van der Waals surface area (Å²) in [6, 6.07) is 8.43. The number of urea groups is 1. The fourth-order valence-electron chi connectivity index (χ4n) is 3.24. The van der Waals surface area contributed by atoms with Crippen molar-refractivity contribution in [1.29, 1.82) is 0 Å². The lowest BCUT2D eigenvalue weighted by molar-refractivity contribution is -0.137. The molecule has 156 valence electrons. The summed E-state index contributed by atoms with van der Waals surface area (Å²) >= 11 is 0. The minimum absolute atomic E-state index is 0.0295. The van der Waals surface area contributed by atoms with Crippen molar-refractivity contribution in [1.82, 2.24) is 9.88 Å². The summed E-state index contributed by atoms with van der Waals surface area (Å²) in [5.74, 6) is 0.442. The van der Waals surface area contributed by atoms with Crippen LogP contribution in [0.5, 0.6) is 5.75 Å². The highest BCUT2D eigenvalue weighted by atomic mass is 19.4. The molecule has 1 saturated heterocycles. The van der Waals surface area contributed by atoms with Crippen LogP contribution < -0.4 is 9.64 Å². The van der Waals surface area contributed by atoms with Gasteiger partial charge in [0.15, 0.2) is 0 Å². The topological polar surface area (TPSA) is 45.7 Å². The number of hydrogen-bond donors (Lipinski definition) is 0. The second-order valence-electron chi connectivity index (χ2n) is 6.91. The summed E-state index contributed by atoms with van der Waals surface area (Å²) in [6.45, 7) is 2.59. The zero-order chi connectivity index (χ0) is 20.7. The van der Waals surface area contributed by atoms with Crippen molar-refractivity contribution in [3.8, 4) is 5.75 Å². The maximum absolute atomic E-state index is 12.5. The summed E-state index contributed by atoms with van der Waals surface area (Å²) in [6.07, 6.45) is 2.67. The van der Waals surface area contributed by atoms with Crippen molar-refractivity contribution < 1.29 is 22.7 Å². The van der Waals surface area contributed by atoms with Crippen LogP contribution in [0.3, 0.4) is 0 Å². The Hall–Kier alpha value is -2.77. The summed E-state index contributed by atoms with van der Waals surface area (Å²) < 4.78 is 43.0. The highest BCUT2D eigenvalue weighted by Crippen LogP contribution is 2.30. The molecule has 0 aliphatic carbocycles. The molecular formula is C21H24F3N3O2. The molecule has 2 amide bonds. The molecule has 1 aliphatic rings. The van der Waals surface area contributed by atoms with Gasteiger partial charge >= 0.3 is 12.2 Å². The van der Waals surface area contributed by atoms with E-state index in [2.05, 4.69) is 4.98 Å². The van der Waals surface area contributed by atoms with E-state index >= 15 is 0 Å². The fourth-order valence-corrected chi connectivity index (χ4v) is 3.24. The van der Waals surface area contributed by atoms with E-state index in [1.54, 1.807) is 17.3 Å². The molecule has 0 unspecified atom stereocenters. The first-order chi connectivity index (χ1) is 13.9. The number of ether oxygens (including phenoxy) is 1. The normalized spacial score (nSPS) is 14.5. The molecule has 2 aromatic rings. The third-order valence-electron chi connectivity index (χ3n) is 4.84. The van der Waals surface area contributed by atoms with E-state index in [-0.39, 0.29) is 6.03 Å². The van der Waals surface area contributed by atoms with Gasteiger partial charge in [0, 0.05) is 37.7 Å². The quantitative estimate of drug-likeness (QED) is 0.551. The maximum atomic E-state index is 12.5. The number of anilines is 1. The number of rotatable bonds is 9. The average Bonchev–Trinajstić information content (AvgIpc) is 3.08. The van der Waals surface area contributed by atoms with E-state index in [1.807, 2.05) is 17.0 Å². The molecule has 2 heterocycles. The van der Waals surface area contributed by atoms with E-state index in [4.69, 9.17) is 4.74 Å². The SMILES string of the molecule is O=C1N(CCCCCCOc2ccc(C(F)(F)F)cc2)CCN1c1ccncc1. The highest BCUT2D eigenvalue weighted by Gasteiger charge is 2.30. The number of unbranched alkanes of at least 4 members (excludes halogenated alkanes) is 3. The highest BCUT2D eigenvalue weighted by molar-refractivity contribution is 5.93. The molecule has 1 fully saturated rings. The van der Waals surface area contributed by atoms with Crippen LogP contribution in [0.15, 0.2) is 48.8 Å². The van der Waals surface area contributed by atoms with Crippen molar-refractivity contribution in [2.45, 2.75) is 31.9 Å². The van der Waals surface area contributed by atoms with Gasteiger partial charge in [0.1, 0.15) is 5.75 Å². The second-order valence-corrected chi connectivity index (χ2v) is 6.91. The molecule has 0 radical (unpaired) electrons. The number of nitrogens with zero attached hydrogens (tertiary/aromatic N) is 3. The summed E-state index contributed by atoms with van der Waals surface area (Å²) in [5.41, 5.74) is 0.191. The number of carbonyl (C=O) groups excluding carboxylic acids is 1. The molecule has 1 aromatic carbocycles. The first-order valence-electron chi connectivity index (χ1n) is 9.72. The van der Waals surface area contributed by atoms with Crippen molar-refractivity contribution in [2.75, 3.05) is 31.1 Å². The van der Waals surface area contributed by atoms with E-state index < -0.39 is 11.7 Å². The first kappa shape index (κ1) is 21.0. The van der Waals surface area contributed by atoms with E-state index in [1.165, 1.54) is 12.1 Å². The Labute approximate surface area is 168 Å². The predicted molar refractivity (Wildman–Crippen MR) is 104 cm³/mol. The predicted octanol–water partition coefficient (Wildman–Crippen LogP) is 4.98. The van der Waals surface area contributed by atoms with Crippen LogP contribution in [0.2, 0.25) is 0 Å². The number of pyridine rings is 1. The number of halogens is 3. The molecule has 5 nitrogen and oxygen atoms in total. The average molecular weight is 407 g/mol. The van der Waals surface area contributed by atoms with Crippen LogP contribution in [0.1, 0.15) is 31.2 Å². The van der Waals surface area contributed by atoms with Gasteiger partial charge in [-0.25, -0.2) is 4.79 Å². The van der Waals surface area contributed by atoms with Gasteiger partial charge in [0.05, 0.1) is 12.2 Å². The summed E-state index contributed by atoms with van der Waals surface area (Å²) in [5, 5.41) is 0. The Morgan fingerprint density at radius 3 is 2.31 bits per heavy atom. The summed E-state index contributed by atoms with van der Waals surface area (Å²) in [4.78, 5) is 20.1. The van der Waals surface area contributed by atoms with Gasteiger partial charge in [-0.2, -0.15) is 13.2 Å². The number of carbonyl (C=O) groups is 1. The Morgan fingerprint density at radius 1 is 0.931 bits per heavy atom. The Kier molecular flexibility index (Phi) is 6.95. The largest absolute Gasteiger partial charge is 0.494 e. The minimum atomic E-state index is -4.33. The molecule has 3 rings (SSSR count). The van der Waals surface area contributed by atoms with Crippen LogP contribution in [-0.2, 0) is 6.18 Å². The van der Waals surface area contributed by atoms with Gasteiger partial charge in [-0.3, -0.25) is 9.88 Å². The van der Waals surface area contributed by atoms with Gasteiger partial charge in [0.2, 0.25) is 0 Å². The van der Waals surface area contributed by atoms with Crippen LogP contribution in [0.4, 0.5) is 23.7 Å². The van der Waals surface area contributed by atoms with Crippen molar-refractivity contribution in [2.24, 2.45) is 0 Å². The smallest absolute Gasteiger partial charge is 0.416 e. The second kappa shape index (κ2) is 9.62. The third kappa shape index (κ3) is 5.85. The van der Waals surface area contributed by atoms with Gasteiger partial charge in [0.25, 0.3) is 0 Å². The molecule has 29 heavy (non-hydrogen) atoms. The Morgan fingerprint density at radius 2 is 1.62 bits per heavy atom. The van der Waals surface area contributed by atoms with E-state index in [9.17, 15) is 18.0 Å². The summed E-state index contributed by atoms with van der Waals surface area (Å²) in [7, 11) is 0. The van der Waals surface area contributed by atoms with Crippen molar-refractivity contribution >= 4 is 11.7 Å². The minimum Gasteiger partial charge on any atom is -0.494 e. The lowest BCUT2D eigenvalue weighted by Crippen LogP contribution is -2.32. The molecule has 0 spiro atoms. The van der Waals surface area contributed by atoms with E-state index in [0.717, 1.165) is 56.6 Å². The Balaban J connectivity index is 1.28. The molecule has 8 heteroatoms. The molecule has 1 aromatic heterocycles. The van der Waals surface area contributed by atoms with Crippen molar-refractivity contribution in [3.63, 3.8) is 0 Å². The lowest BCUT2D eigenvalue weighted by Gasteiger charge is -2.18. The van der Waals surface area contributed by atoms with Crippen LogP contribution in [0.25, 0.3) is 0 Å². The van der Waals surface area contributed by atoms with Gasteiger partial charge in [-0.15, -0.1) is 0 Å². The molecule has 0 atom stereocenters. The number of hydrogen-bond acceptors (Lipinski definition) is 3. The third-order valence-corrected chi connectivity index (χ3v) is 4.84. The monoisotopic (exact) mass is 407 g/mol. The Bertz CT molecular complexity index is 782. The zero-order valence-electron chi connectivity index (χ0n) is 16.1. The van der Waals surface area contributed by atoms with Crippen LogP contribution in [0, 0.1) is 0 Å². The number of aromatic nitrogens is 1. The zero-order valence-corrected chi connectivity index (χ0v) is 16.1. The fraction of sp³-hybridized carbons (Fsp3) is 0.429. The van der Waals surface area contributed by atoms with Gasteiger partial charge in [-0.1, -0.05) is 12.8 Å². The molecule has 1 aliphatic heterocycles.